The van der Waals surface area contributed by atoms with Crippen LogP contribution in [0.2, 0.25) is 0 Å². The van der Waals surface area contributed by atoms with E-state index in [1.807, 2.05) is 0 Å². The van der Waals surface area contributed by atoms with Gasteiger partial charge in [-0.1, -0.05) is 0 Å². The zero-order chi connectivity index (χ0) is 8.31. The van der Waals surface area contributed by atoms with Crippen LogP contribution in [-0.2, 0) is 15.9 Å². The number of hydrogen-bond acceptors (Lipinski definition) is 3. The Balaban J connectivity index is 4.79. The van der Waals surface area contributed by atoms with Gasteiger partial charge in [0.2, 0.25) is 0 Å². The molecule has 0 heterocycles. The third-order valence-electron chi connectivity index (χ3n) is 0.853. The van der Waals surface area contributed by atoms with Gasteiger partial charge in [0.05, 0.1) is 0 Å². The molecule has 0 amide bonds. The number of ketones is 1. The molecule has 58 valence electrons. The average Bonchev–Trinajstić information content (AvgIpc) is 1.59. The summed E-state index contributed by atoms with van der Waals surface area (Å²) in [4.78, 5) is 10.3. The number of rotatable bonds is 2. The van der Waals surface area contributed by atoms with Crippen molar-refractivity contribution in [1.82, 2.24) is 0 Å². The van der Waals surface area contributed by atoms with E-state index < -0.39 is 16.9 Å². The molecule has 0 spiro atoms. The fraction of sp³-hybridized carbons (Fsp3) is 0.400. The second kappa shape index (κ2) is 3.48. The van der Waals surface area contributed by atoms with Crippen LogP contribution in [0, 0.1) is 0 Å². The second-order valence-corrected chi connectivity index (χ2v) is 2.72. The van der Waals surface area contributed by atoms with Crippen molar-refractivity contribution in [1.29, 1.82) is 0 Å². The quantitative estimate of drug-likeness (QED) is 0.443. The van der Waals surface area contributed by atoms with Gasteiger partial charge in [-0.15, -0.1) is 0 Å². The van der Waals surface area contributed by atoms with E-state index in [4.69, 9.17) is 10.3 Å². The molecule has 0 aromatic carbocycles. The standard InChI is InChI=1S/C5H9NO3S/c1-3(6)5(4(2)7)10(8)9/h6H2,1-2H3,(H,8,9)/b5-3+. The van der Waals surface area contributed by atoms with Gasteiger partial charge in [0.25, 0.3) is 0 Å². The highest BCUT2D eigenvalue weighted by Crippen LogP contribution is 2.03. The van der Waals surface area contributed by atoms with E-state index in [1.165, 1.54) is 13.8 Å². The lowest BCUT2D eigenvalue weighted by atomic mass is 10.3. The number of carbonyl (C=O) groups is 1. The maximum Gasteiger partial charge on any atom is 0.191 e. The zero-order valence-corrected chi connectivity index (χ0v) is 6.57. The maximum atomic E-state index is 10.5. The van der Waals surface area contributed by atoms with Crippen LogP contribution in [0.1, 0.15) is 13.8 Å². The van der Waals surface area contributed by atoms with E-state index in [-0.39, 0.29) is 10.6 Å². The van der Waals surface area contributed by atoms with Gasteiger partial charge in [0.15, 0.2) is 16.9 Å². The Morgan fingerprint density at radius 3 is 1.90 bits per heavy atom. The summed E-state index contributed by atoms with van der Waals surface area (Å²) in [5, 5.41) is 0. The van der Waals surface area contributed by atoms with Crippen molar-refractivity contribution in [2.24, 2.45) is 5.73 Å². The monoisotopic (exact) mass is 163 g/mol. The molecule has 0 aliphatic rings. The van der Waals surface area contributed by atoms with E-state index >= 15 is 0 Å². The SMILES string of the molecule is CC(=O)/C(=C(/C)N)S(=O)O. The number of allylic oxidation sites excluding steroid dienone is 2. The topological polar surface area (TPSA) is 80.4 Å². The first-order valence-electron chi connectivity index (χ1n) is 2.55. The molecule has 0 saturated heterocycles. The molecule has 10 heavy (non-hydrogen) atoms. The van der Waals surface area contributed by atoms with Crippen LogP contribution in [0.25, 0.3) is 0 Å². The van der Waals surface area contributed by atoms with Crippen molar-refractivity contribution in [3.8, 4) is 0 Å². The van der Waals surface area contributed by atoms with Crippen LogP contribution in [0.4, 0.5) is 0 Å². The minimum atomic E-state index is -2.26. The number of carbonyl (C=O) groups excluding carboxylic acids is 1. The highest BCUT2D eigenvalue weighted by atomic mass is 32.2. The average molecular weight is 163 g/mol. The molecular formula is C5H9NO3S. The lowest BCUT2D eigenvalue weighted by Crippen LogP contribution is -2.10. The summed E-state index contributed by atoms with van der Waals surface area (Å²) in [6, 6.07) is 0. The smallest absolute Gasteiger partial charge is 0.191 e. The summed E-state index contributed by atoms with van der Waals surface area (Å²) in [6.45, 7) is 2.60. The maximum absolute atomic E-state index is 10.5. The highest BCUT2D eigenvalue weighted by Gasteiger charge is 2.11. The van der Waals surface area contributed by atoms with Gasteiger partial charge in [-0.2, -0.15) is 0 Å². The number of Topliss-reactive ketones (excluding diaryl/α,β-unsaturated/α-hetero) is 1. The third kappa shape index (κ3) is 2.28. The van der Waals surface area contributed by atoms with Gasteiger partial charge in [0, 0.05) is 5.70 Å². The van der Waals surface area contributed by atoms with Gasteiger partial charge in [-0.25, -0.2) is 4.21 Å². The van der Waals surface area contributed by atoms with Crippen LogP contribution in [-0.4, -0.2) is 14.5 Å². The van der Waals surface area contributed by atoms with Crippen molar-refractivity contribution < 1.29 is 13.6 Å². The highest BCUT2D eigenvalue weighted by molar-refractivity contribution is 7.84. The first kappa shape index (κ1) is 9.32. The van der Waals surface area contributed by atoms with Gasteiger partial charge in [-0.3, -0.25) is 4.79 Å². The summed E-state index contributed by atoms with van der Waals surface area (Å²) in [6.07, 6.45) is 0. The molecule has 0 bridgehead atoms. The summed E-state index contributed by atoms with van der Waals surface area (Å²) in [5.41, 5.74) is 5.24. The molecule has 0 fully saturated rings. The van der Waals surface area contributed by atoms with Crippen LogP contribution in [0.3, 0.4) is 0 Å². The largest absolute Gasteiger partial charge is 0.401 e. The van der Waals surface area contributed by atoms with Gasteiger partial charge in [-0.05, 0) is 13.8 Å². The Hall–Kier alpha value is -0.680. The minimum Gasteiger partial charge on any atom is -0.401 e. The number of nitrogens with two attached hydrogens (primary N) is 1. The summed E-state index contributed by atoms with van der Waals surface area (Å²) in [5.74, 6) is -0.471. The zero-order valence-electron chi connectivity index (χ0n) is 5.75. The van der Waals surface area contributed by atoms with Crippen LogP contribution < -0.4 is 5.73 Å². The minimum absolute atomic E-state index is 0.0910. The van der Waals surface area contributed by atoms with Crippen LogP contribution in [0.5, 0.6) is 0 Å². The van der Waals surface area contributed by atoms with Gasteiger partial charge >= 0.3 is 0 Å². The molecule has 0 aromatic heterocycles. The Labute approximate surface area is 61.4 Å². The van der Waals surface area contributed by atoms with Gasteiger partial charge < -0.3 is 10.3 Å². The predicted molar refractivity (Wildman–Crippen MR) is 38.3 cm³/mol. The second-order valence-electron chi connectivity index (χ2n) is 1.82. The van der Waals surface area contributed by atoms with E-state index in [1.54, 1.807) is 0 Å². The molecule has 1 atom stereocenters. The normalized spacial score (nSPS) is 15.9. The van der Waals surface area contributed by atoms with Crippen LogP contribution >= 0.6 is 0 Å². The summed E-state index contributed by atoms with van der Waals surface area (Å²) >= 11 is -2.26. The molecule has 0 aromatic rings. The van der Waals surface area contributed by atoms with Crippen molar-refractivity contribution in [3.63, 3.8) is 0 Å². The van der Waals surface area contributed by atoms with E-state index in [2.05, 4.69) is 0 Å². The van der Waals surface area contributed by atoms with Crippen molar-refractivity contribution in [3.05, 3.63) is 10.6 Å². The molecule has 4 nitrogen and oxygen atoms in total. The Kier molecular flexibility index (Phi) is 3.24. The third-order valence-corrected chi connectivity index (χ3v) is 1.81. The predicted octanol–water partition coefficient (Wildman–Crippen LogP) is -0.0127. The summed E-state index contributed by atoms with van der Waals surface area (Å²) < 4.78 is 18.8. The van der Waals surface area contributed by atoms with E-state index in [9.17, 15) is 9.00 Å². The van der Waals surface area contributed by atoms with E-state index in [0.717, 1.165) is 0 Å². The van der Waals surface area contributed by atoms with Crippen molar-refractivity contribution in [2.75, 3.05) is 0 Å². The lowest BCUT2D eigenvalue weighted by Gasteiger charge is -1.98. The Bertz CT molecular complexity index is 189. The van der Waals surface area contributed by atoms with Crippen LogP contribution in [0.15, 0.2) is 10.6 Å². The Morgan fingerprint density at radius 2 is 1.90 bits per heavy atom. The van der Waals surface area contributed by atoms with Gasteiger partial charge in [0.1, 0.15) is 4.91 Å². The first-order valence-corrected chi connectivity index (χ1v) is 3.65. The Morgan fingerprint density at radius 1 is 1.50 bits per heavy atom. The van der Waals surface area contributed by atoms with E-state index in [0.29, 0.717) is 0 Å². The molecule has 0 radical (unpaired) electrons. The molecule has 0 saturated carbocycles. The first-order chi connectivity index (χ1) is 4.46. The number of hydrogen-bond donors (Lipinski definition) is 2. The molecule has 1 unspecified atom stereocenters. The fourth-order valence-electron chi connectivity index (χ4n) is 0.538. The molecule has 3 N–H and O–H groups in total. The summed E-state index contributed by atoms with van der Waals surface area (Å²) in [7, 11) is 0. The molecular weight excluding hydrogens is 154 g/mol. The van der Waals surface area contributed by atoms with Crippen molar-refractivity contribution >= 4 is 16.9 Å². The molecule has 5 heteroatoms. The fourth-order valence-corrected chi connectivity index (χ4v) is 1.06. The molecule has 0 rings (SSSR count). The lowest BCUT2D eigenvalue weighted by molar-refractivity contribution is -0.113. The molecule has 0 aliphatic heterocycles. The molecule has 0 aliphatic carbocycles. The van der Waals surface area contributed by atoms with Crippen molar-refractivity contribution in [2.45, 2.75) is 13.8 Å².